The minimum atomic E-state index is 0.0841. The molecule has 4 saturated heterocycles. The molecule has 0 radical (unpaired) electrons. The van der Waals surface area contributed by atoms with E-state index >= 15 is 0 Å². The van der Waals surface area contributed by atoms with Crippen molar-refractivity contribution in [3.05, 3.63) is 65.4 Å². The first-order valence-corrected chi connectivity index (χ1v) is 10.8. The van der Waals surface area contributed by atoms with E-state index in [-0.39, 0.29) is 5.91 Å². The number of aromatic amines is 1. The molecular weight excluding hydrogens is 360 g/mol. The average molecular weight is 386 g/mol. The molecule has 3 atom stereocenters. The number of carbonyl (C=O) groups excluding carboxylic acids is 1. The third kappa shape index (κ3) is 2.57. The van der Waals surface area contributed by atoms with Gasteiger partial charge < -0.3 is 4.90 Å². The van der Waals surface area contributed by atoms with Crippen molar-refractivity contribution in [3.8, 4) is 0 Å². The molecular formula is C24H26N4O. The first kappa shape index (κ1) is 17.2. The van der Waals surface area contributed by atoms with Crippen LogP contribution >= 0.6 is 0 Å². The van der Waals surface area contributed by atoms with Gasteiger partial charge in [0, 0.05) is 23.9 Å². The van der Waals surface area contributed by atoms with Gasteiger partial charge in [0.25, 0.3) is 5.91 Å². The van der Waals surface area contributed by atoms with Gasteiger partial charge in [0.05, 0.1) is 11.6 Å². The average Bonchev–Trinajstić information content (AvgIpc) is 3.38. The zero-order valence-electron chi connectivity index (χ0n) is 16.7. The van der Waals surface area contributed by atoms with Gasteiger partial charge in [-0.05, 0) is 50.4 Å². The molecule has 2 bridgehead atoms. The smallest absolute Gasteiger partial charge is 0.275 e. The molecule has 5 heterocycles. The molecule has 1 N–H and O–H groups in total. The number of para-hydroxylation sites is 1. The maximum atomic E-state index is 13.7. The van der Waals surface area contributed by atoms with Gasteiger partial charge in [0.15, 0.2) is 5.69 Å². The van der Waals surface area contributed by atoms with Gasteiger partial charge in [-0.3, -0.25) is 14.8 Å². The molecule has 5 heteroatoms. The van der Waals surface area contributed by atoms with Gasteiger partial charge in [-0.15, -0.1) is 0 Å². The summed E-state index contributed by atoms with van der Waals surface area (Å²) in [6.07, 6.45) is 2.40. The molecule has 5 nitrogen and oxygen atoms in total. The fourth-order valence-electron chi connectivity index (χ4n) is 6.02. The van der Waals surface area contributed by atoms with Crippen molar-refractivity contribution < 1.29 is 4.79 Å². The van der Waals surface area contributed by atoms with Crippen LogP contribution in [0.4, 0.5) is 0 Å². The Morgan fingerprint density at radius 2 is 1.79 bits per heavy atom. The normalized spacial score (nSPS) is 30.7. The van der Waals surface area contributed by atoms with Crippen LogP contribution in [-0.2, 0) is 0 Å². The van der Waals surface area contributed by atoms with E-state index in [0.29, 0.717) is 29.6 Å². The van der Waals surface area contributed by atoms with Crippen molar-refractivity contribution in [2.24, 2.45) is 5.92 Å². The number of fused-ring (bicyclic) bond motifs is 3. The minimum absolute atomic E-state index is 0.0841. The van der Waals surface area contributed by atoms with E-state index < -0.39 is 0 Å². The van der Waals surface area contributed by atoms with Crippen LogP contribution in [0, 0.1) is 12.8 Å². The topological polar surface area (TPSA) is 52.2 Å². The molecule has 1 amide bonds. The number of piperidine rings is 3. The quantitative estimate of drug-likeness (QED) is 0.733. The van der Waals surface area contributed by atoms with E-state index in [4.69, 9.17) is 0 Å². The summed E-state index contributed by atoms with van der Waals surface area (Å²) in [6, 6.07) is 17.6. The lowest BCUT2D eigenvalue weighted by Crippen LogP contribution is -2.60. The maximum absolute atomic E-state index is 13.7. The lowest BCUT2D eigenvalue weighted by molar-refractivity contribution is -0.00352. The Labute approximate surface area is 170 Å². The van der Waals surface area contributed by atoms with Gasteiger partial charge in [0.2, 0.25) is 0 Å². The summed E-state index contributed by atoms with van der Waals surface area (Å²) in [6.45, 7) is 5.25. The number of aromatic nitrogens is 2. The number of nitrogens with zero attached hydrogens (tertiary/aromatic N) is 3. The van der Waals surface area contributed by atoms with E-state index in [1.165, 1.54) is 37.1 Å². The molecule has 4 aliphatic heterocycles. The van der Waals surface area contributed by atoms with Crippen LogP contribution in [0.1, 0.15) is 40.4 Å². The van der Waals surface area contributed by atoms with Crippen molar-refractivity contribution in [1.82, 2.24) is 20.0 Å². The first-order valence-electron chi connectivity index (χ1n) is 10.8. The van der Waals surface area contributed by atoms with Crippen LogP contribution in [0.25, 0.3) is 10.9 Å². The predicted octanol–water partition coefficient (Wildman–Crippen LogP) is 3.57. The maximum Gasteiger partial charge on any atom is 0.275 e. The van der Waals surface area contributed by atoms with Crippen molar-refractivity contribution in [3.63, 3.8) is 0 Å². The van der Waals surface area contributed by atoms with Crippen molar-refractivity contribution in [2.75, 3.05) is 19.6 Å². The number of rotatable bonds is 2. The molecule has 0 spiro atoms. The van der Waals surface area contributed by atoms with Crippen molar-refractivity contribution in [2.45, 2.75) is 37.8 Å². The molecule has 4 aliphatic rings. The molecule has 0 unspecified atom stereocenters. The fourth-order valence-corrected chi connectivity index (χ4v) is 6.02. The number of carbonyl (C=O) groups is 1. The molecule has 0 aliphatic carbocycles. The highest BCUT2D eigenvalue weighted by Gasteiger charge is 2.55. The van der Waals surface area contributed by atoms with E-state index in [9.17, 15) is 4.79 Å². The lowest BCUT2D eigenvalue weighted by Gasteiger charge is -2.51. The van der Waals surface area contributed by atoms with Gasteiger partial charge in [-0.25, -0.2) is 0 Å². The number of hydrogen-bond acceptors (Lipinski definition) is 3. The molecule has 2 aromatic carbocycles. The van der Waals surface area contributed by atoms with Crippen LogP contribution in [0.15, 0.2) is 48.5 Å². The Morgan fingerprint density at radius 3 is 2.59 bits per heavy atom. The van der Waals surface area contributed by atoms with Crippen LogP contribution < -0.4 is 0 Å². The predicted molar refractivity (Wildman–Crippen MR) is 113 cm³/mol. The summed E-state index contributed by atoms with van der Waals surface area (Å²) >= 11 is 0. The first-order chi connectivity index (χ1) is 14.2. The van der Waals surface area contributed by atoms with E-state index in [0.717, 1.165) is 17.4 Å². The number of aryl methyl sites for hydroxylation is 1. The summed E-state index contributed by atoms with van der Waals surface area (Å²) in [4.78, 5) is 18.5. The number of hydrogen-bond donors (Lipinski definition) is 1. The Morgan fingerprint density at radius 1 is 1.03 bits per heavy atom. The van der Waals surface area contributed by atoms with Crippen LogP contribution in [0.5, 0.6) is 0 Å². The minimum Gasteiger partial charge on any atom is -0.332 e. The second kappa shape index (κ2) is 6.42. The highest BCUT2D eigenvalue weighted by Crippen LogP contribution is 2.47. The van der Waals surface area contributed by atoms with Crippen molar-refractivity contribution >= 4 is 16.8 Å². The third-order valence-electron chi connectivity index (χ3n) is 7.43. The molecule has 7 rings (SSSR count). The van der Waals surface area contributed by atoms with Crippen LogP contribution in [0.2, 0.25) is 0 Å². The van der Waals surface area contributed by atoms with E-state index in [1.54, 1.807) is 0 Å². The Kier molecular flexibility index (Phi) is 3.81. The molecule has 148 valence electrons. The summed E-state index contributed by atoms with van der Waals surface area (Å²) < 4.78 is 0. The Hall–Kier alpha value is -2.66. The SMILES string of the molecule is Cc1ccc([C@@H]2CN(C(=O)c3n[nH]c4ccccc34)[C@@H]3C4CCN(CC4)[C@@H]32)cc1. The number of nitrogens with one attached hydrogen (secondary N) is 1. The Bertz CT molecular complexity index is 1060. The monoisotopic (exact) mass is 386 g/mol. The summed E-state index contributed by atoms with van der Waals surface area (Å²) in [7, 11) is 0. The van der Waals surface area contributed by atoms with Gasteiger partial charge in [-0.2, -0.15) is 5.10 Å². The highest BCUT2D eigenvalue weighted by atomic mass is 16.2. The van der Waals surface area contributed by atoms with E-state index in [2.05, 4.69) is 51.2 Å². The van der Waals surface area contributed by atoms with Gasteiger partial charge in [0.1, 0.15) is 0 Å². The lowest BCUT2D eigenvalue weighted by atomic mass is 9.75. The van der Waals surface area contributed by atoms with Crippen LogP contribution in [-0.4, -0.2) is 57.6 Å². The number of amides is 1. The molecule has 3 aromatic rings. The van der Waals surface area contributed by atoms with Gasteiger partial charge >= 0.3 is 0 Å². The summed E-state index contributed by atoms with van der Waals surface area (Å²) in [5.74, 6) is 1.06. The largest absolute Gasteiger partial charge is 0.332 e. The summed E-state index contributed by atoms with van der Waals surface area (Å²) in [5, 5.41) is 8.38. The second-order valence-corrected chi connectivity index (χ2v) is 8.95. The second-order valence-electron chi connectivity index (χ2n) is 8.95. The van der Waals surface area contributed by atoms with Crippen molar-refractivity contribution in [1.29, 1.82) is 0 Å². The highest BCUT2D eigenvalue weighted by molar-refractivity contribution is 6.05. The van der Waals surface area contributed by atoms with Crippen LogP contribution in [0.3, 0.4) is 0 Å². The zero-order valence-corrected chi connectivity index (χ0v) is 16.7. The number of H-pyrrole nitrogens is 1. The third-order valence-corrected chi connectivity index (χ3v) is 7.43. The number of likely N-dealkylation sites (tertiary alicyclic amines) is 1. The molecule has 4 fully saturated rings. The Balaban J connectivity index is 1.41. The molecule has 1 aromatic heterocycles. The number of benzene rings is 2. The standard InChI is InChI=1S/C24H26N4O/c1-15-6-8-16(9-7-15)19-14-28(22-17-10-12-27(13-11-17)23(19)22)24(29)21-18-4-2-3-5-20(18)25-26-21/h2-9,17,19,22-23H,10-14H2,1H3,(H,25,26)/t19-,22+,23+/m0/s1. The fraction of sp³-hybridized carbons (Fsp3) is 0.417. The van der Waals surface area contributed by atoms with Gasteiger partial charge in [-0.1, -0.05) is 48.0 Å². The zero-order chi connectivity index (χ0) is 19.5. The summed E-state index contributed by atoms with van der Waals surface area (Å²) in [5.41, 5.74) is 4.14. The molecule has 29 heavy (non-hydrogen) atoms. The molecule has 0 saturated carbocycles. The van der Waals surface area contributed by atoms with E-state index in [1.807, 2.05) is 24.3 Å².